The summed E-state index contributed by atoms with van der Waals surface area (Å²) >= 11 is 1.78. The molecule has 0 amide bonds. The second-order valence-electron chi connectivity index (χ2n) is 4.91. The van der Waals surface area contributed by atoms with Crippen molar-refractivity contribution in [2.24, 2.45) is 0 Å². The molecule has 1 aromatic carbocycles. The number of nitrogens with zero attached hydrogens (tertiary/aromatic N) is 1. The number of benzene rings is 1. The Labute approximate surface area is 119 Å². The van der Waals surface area contributed by atoms with Crippen LogP contribution in [0.4, 0.5) is 0 Å². The van der Waals surface area contributed by atoms with Crippen LogP contribution in [0, 0.1) is 0 Å². The van der Waals surface area contributed by atoms with Crippen LogP contribution < -0.4 is 5.32 Å². The van der Waals surface area contributed by atoms with Gasteiger partial charge in [-0.1, -0.05) is 37.3 Å². The number of hydrogen-bond acceptors (Lipinski definition) is 3. The van der Waals surface area contributed by atoms with Crippen LogP contribution in [0.15, 0.2) is 35.7 Å². The number of rotatable bonds is 7. The summed E-state index contributed by atoms with van der Waals surface area (Å²) in [4.78, 5) is 4.69. The van der Waals surface area contributed by atoms with Crippen LogP contribution in [0.3, 0.4) is 0 Å². The van der Waals surface area contributed by atoms with Gasteiger partial charge in [-0.15, -0.1) is 11.3 Å². The molecular weight excluding hydrogens is 252 g/mol. The van der Waals surface area contributed by atoms with Crippen LogP contribution in [0.5, 0.6) is 0 Å². The Kier molecular flexibility index (Phi) is 5.55. The zero-order valence-electron chi connectivity index (χ0n) is 11.7. The second-order valence-corrected chi connectivity index (χ2v) is 5.85. The van der Waals surface area contributed by atoms with E-state index in [-0.39, 0.29) is 0 Å². The van der Waals surface area contributed by atoms with Crippen molar-refractivity contribution in [2.75, 3.05) is 0 Å². The van der Waals surface area contributed by atoms with E-state index >= 15 is 0 Å². The Morgan fingerprint density at radius 3 is 2.74 bits per heavy atom. The van der Waals surface area contributed by atoms with Crippen LogP contribution in [-0.2, 0) is 19.4 Å². The smallest absolute Gasteiger partial charge is 0.0932 e. The van der Waals surface area contributed by atoms with Crippen LogP contribution in [0.25, 0.3) is 0 Å². The van der Waals surface area contributed by atoms with Gasteiger partial charge in [0, 0.05) is 24.4 Å². The van der Waals surface area contributed by atoms with Gasteiger partial charge in [-0.3, -0.25) is 0 Å². The first-order valence-corrected chi connectivity index (χ1v) is 7.86. The van der Waals surface area contributed by atoms with Crippen molar-refractivity contribution in [1.29, 1.82) is 0 Å². The molecule has 102 valence electrons. The standard InChI is InChI=1S/C16H22N2S/c1-3-13(2)17-11-15-12-19-16(18-15)10-9-14-7-5-4-6-8-14/h4-8,12-13,17H,3,9-11H2,1-2H3. The first kappa shape index (κ1) is 14.2. The molecule has 2 rings (SSSR count). The number of aryl methyl sites for hydroxylation is 2. The third-order valence-corrected chi connectivity index (χ3v) is 4.27. The predicted octanol–water partition coefficient (Wildman–Crippen LogP) is 3.82. The Balaban J connectivity index is 1.81. The van der Waals surface area contributed by atoms with Gasteiger partial charge in [0.15, 0.2) is 0 Å². The molecular formula is C16H22N2S. The largest absolute Gasteiger partial charge is 0.309 e. The summed E-state index contributed by atoms with van der Waals surface area (Å²) in [7, 11) is 0. The van der Waals surface area contributed by atoms with E-state index in [2.05, 4.69) is 59.9 Å². The van der Waals surface area contributed by atoms with Crippen molar-refractivity contribution < 1.29 is 0 Å². The zero-order chi connectivity index (χ0) is 13.5. The highest BCUT2D eigenvalue weighted by molar-refractivity contribution is 7.09. The first-order chi connectivity index (χ1) is 9.28. The maximum atomic E-state index is 4.69. The molecule has 1 heterocycles. The summed E-state index contributed by atoms with van der Waals surface area (Å²) < 4.78 is 0. The molecule has 0 spiro atoms. The Bertz CT molecular complexity index is 479. The highest BCUT2D eigenvalue weighted by atomic mass is 32.1. The second kappa shape index (κ2) is 7.41. The van der Waals surface area contributed by atoms with Crippen molar-refractivity contribution in [1.82, 2.24) is 10.3 Å². The van der Waals surface area contributed by atoms with E-state index in [1.807, 2.05) is 0 Å². The molecule has 19 heavy (non-hydrogen) atoms. The van der Waals surface area contributed by atoms with Gasteiger partial charge in [0.25, 0.3) is 0 Å². The number of thiazole rings is 1. The molecule has 1 aromatic heterocycles. The van der Waals surface area contributed by atoms with Crippen molar-refractivity contribution in [3.8, 4) is 0 Å². The predicted molar refractivity (Wildman–Crippen MR) is 82.6 cm³/mol. The Hall–Kier alpha value is -1.19. The lowest BCUT2D eigenvalue weighted by Crippen LogP contribution is -2.24. The molecule has 1 N–H and O–H groups in total. The van der Waals surface area contributed by atoms with E-state index in [0.29, 0.717) is 6.04 Å². The summed E-state index contributed by atoms with van der Waals surface area (Å²) in [5.41, 5.74) is 2.56. The molecule has 0 bridgehead atoms. The van der Waals surface area contributed by atoms with E-state index in [1.165, 1.54) is 16.3 Å². The summed E-state index contributed by atoms with van der Waals surface area (Å²) in [5.74, 6) is 0. The van der Waals surface area contributed by atoms with Crippen LogP contribution in [-0.4, -0.2) is 11.0 Å². The van der Waals surface area contributed by atoms with Crippen molar-refractivity contribution in [3.63, 3.8) is 0 Å². The van der Waals surface area contributed by atoms with Gasteiger partial charge >= 0.3 is 0 Å². The zero-order valence-corrected chi connectivity index (χ0v) is 12.5. The fraction of sp³-hybridized carbons (Fsp3) is 0.438. The highest BCUT2D eigenvalue weighted by Crippen LogP contribution is 2.13. The maximum absolute atomic E-state index is 4.69. The molecule has 1 unspecified atom stereocenters. The van der Waals surface area contributed by atoms with Gasteiger partial charge in [0.2, 0.25) is 0 Å². The Morgan fingerprint density at radius 2 is 2.00 bits per heavy atom. The third-order valence-electron chi connectivity index (χ3n) is 3.31. The van der Waals surface area contributed by atoms with Gasteiger partial charge in [0.05, 0.1) is 10.7 Å². The molecule has 3 heteroatoms. The average molecular weight is 274 g/mol. The molecule has 0 fully saturated rings. The van der Waals surface area contributed by atoms with Crippen molar-refractivity contribution >= 4 is 11.3 Å². The average Bonchev–Trinajstić information content (AvgIpc) is 2.91. The van der Waals surface area contributed by atoms with Gasteiger partial charge < -0.3 is 5.32 Å². The normalized spacial score (nSPS) is 12.5. The van der Waals surface area contributed by atoms with E-state index in [4.69, 9.17) is 0 Å². The molecule has 0 saturated heterocycles. The lowest BCUT2D eigenvalue weighted by Gasteiger charge is -2.08. The highest BCUT2D eigenvalue weighted by Gasteiger charge is 2.04. The van der Waals surface area contributed by atoms with Crippen LogP contribution in [0.2, 0.25) is 0 Å². The topological polar surface area (TPSA) is 24.9 Å². The minimum absolute atomic E-state index is 0.564. The fourth-order valence-electron chi connectivity index (χ4n) is 1.86. The molecule has 0 radical (unpaired) electrons. The van der Waals surface area contributed by atoms with E-state index in [1.54, 1.807) is 11.3 Å². The SMILES string of the molecule is CCC(C)NCc1csc(CCc2ccccc2)n1. The first-order valence-electron chi connectivity index (χ1n) is 6.98. The van der Waals surface area contributed by atoms with Crippen LogP contribution in [0.1, 0.15) is 36.5 Å². The van der Waals surface area contributed by atoms with Crippen molar-refractivity contribution in [3.05, 3.63) is 52.0 Å². The van der Waals surface area contributed by atoms with Gasteiger partial charge in [0.1, 0.15) is 0 Å². The van der Waals surface area contributed by atoms with Gasteiger partial charge in [-0.05, 0) is 25.3 Å². The molecule has 1 atom stereocenters. The monoisotopic (exact) mass is 274 g/mol. The van der Waals surface area contributed by atoms with E-state index in [9.17, 15) is 0 Å². The van der Waals surface area contributed by atoms with Crippen molar-refractivity contribution in [2.45, 2.75) is 45.7 Å². The molecule has 0 aliphatic carbocycles. The number of nitrogens with one attached hydrogen (secondary N) is 1. The summed E-state index contributed by atoms with van der Waals surface area (Å²) in [6.07, 6.45) is 3.27. The minimum atomic E-state index is 0.564. The maximum Gasteiger partial charge on any atom is 0.0932 e. The van der Waals surface area contributed by atoms with Crippen LogP contribution >= 0.6 is 11.3 Å². The van der Waals surface area contributed by atoms with E-state index in [0.717, 1.165) is 25.8 Å². The number of hydrogen-bond donors (Lipinski definition) is 1. The molecule has 0 aliphatic rings. The molecule has 2 nitrogen and oxygen atoms in total. The molecule has 2 aromatic rings. The summed E-state index contributed by atoms with van der Waals surface area (Å²) in [5, 5.41) is 6.90. The summed E-state index contributed by atoms with van der Waals surface area (Å²) in [6, 6.07) is 11.2. The molecule has 0 aliphatic heterocycles. The lowest BCUT2D eigenvalue weighted by molar-refractivity contribution is 0.529. The quantitative estimate of drug-likeness (QED) is 0.830. The van der Waals surface area contributed by atoms with E-state index < -0.39 is 0 Å². The third kappa shape index (κ3) is 4.77. The lowest BCUT2D eigenvalue weighted by atomic mass is 10.1. The fourth-order valence-corrected chi connectivity index (χ4v) is 2.66. The number of aromatic nitrogens is 1. The Morgan fingerprint density at radius 1 is 1.21 bits per heavy atom. The summed E-state index contributed by atoms with van der Waals surface area (Å²) in [6.45, 7) is 5.30. The van der Waals surface area contributed by atoms with Gasteiger partial charge in [-0.2, -0.15) is 0 Å². The van der Waals surface area contributed by atoms with Gasteiger partial charge in [-0.25, -0.2) is 4.98 Å². The minimum Gasteiger partial charge on any atom is -0.309 e. The molecule has 0 saturated carbocycles.